The summed E-state index contributed by atoms with van der Waals surface area (Å²) in [4.78, 5) is 4.67. The van der Waals surface area contributed by atoms with Crippen molar-refractivity contribution in [2.24, 2.45) is 0 Å². The molecule has 0 radical (unpaired) electrons. The highest BCUT2D eigenvalue weighted by molar-refractivity contribution is 5.67. The van der Waals surface area contributed by atoms with Crippen LogP contribution in [0.15, 0.2) is 48.7 Å². The molecule has 0 atom stereocenters. The average molecular weight is 237 g/mol. The number of hydrogen-bond acceptors (Lipinski definition) is 2. The second-order valence-electron chi connectivity index (χ2n) is 4.31. The van der Waals surface area contributed by atoms with Gasteiger partial charge in [-0.25, -0.2) is 4.98 Å². The average Bonchev–Trinajstić information content (AvgIpc) is 2.76. The van der Waals surface area contributed by atoms with Crippen LogP contribution < -0.4 is 5.32 Å². The molecule has 0 fully saturated rings. The molecule has 1 N–H and O–H groups in total. The summed E-state index contributed by atoms with van der Waals surface area (Å²) in [7, 11) is 1.92. The zero-order valence-electron chi connectivity index (χ0n) is 10.5. The molecule has 0 aliphatic carbocycles. The first-order valence-corrected chi connectivity index (χ1v) is 6.01. The van der Waals surface area contributed by atoms with Gasteiger partial charge >= 0.3 is 0 Å². The number of aromatic nitrogens is 2. The lowest BCUT2D eigenvalue weighted by atomic mass is 10.2. The molecule has 2 heterocycles. The molecule has 3 heteroatoms. The Hall–Kier alpha value is -2.29. The summed E-state index contributed by atoms with van der Waals surface area (Å²) in [5.74, 6) is 0.986. The summed E-state index contributed by atoms with van der Waals surface area (Å²) >= 11 is 0. The smallest absolute Gasteiger partial charge is 0.144 e. The first-order valence-electron chi connectivity index (χ1n) is 6.01. The maximum Gasteiger partial charge on any atom is 0.144 e. The van der Waals surface area contributed by atoms with Crippen molar-refractivity contribution in [1.29, 1.82) is 0 Å². The largest absolute Gasteiger partial charge is 0.387 e. The number of hydrogen-bond donors (Lipinski definition) is 1. The van der Waals surface area contributed by atoms with Crippen LogP contribution in [-0.4, -0.2) is 16.4 Å². The van der Waals surface area contributed by atoms with E-state index < -0.39 is 0 Å². The number of imidazole rings is 1. The van der Waals surface area contributed by atoms with Crippen molar-refractivity contribution in [2.45, 2.75) is 6.92 Å². The van der Waals surface area contributed by atoms with Crippen LogP contribution in [0.25, 0.3) is 16.9 Å². The van der Waals surface area contributed by atoms with Crippen LogP contribution >= 0.6 is 0 Å². The summed E-state index contributed by atoms with van der Waals surface area (Å²) in [6.07, 6.45) is 2.08. The molecule has 0 saturated heterocycles. The van der Waals surface area contributed by atoms with Gasteiger partial charge in [0, 0.05) is 18.8 Å². The molecule has 0 aliphatic heterocycles. The van der Waals surface area contributed by atoms with E-state index in [2.05, 4.69) is 45.2 Å². The second-order valence-corrected chi connectivity index (χ2v) is 4.31. The van der Waals surface area contributed by atoms with Gasteiger partial charge in [0.15, 0.2) is 0 Å². The highest BCUT2D eigenvalue weighted by Gasteiger charge is 2.09. The zero-order chi connectivity index (χ0) is 12.5. The van der Waals surface area contributed by atoms with Gasteiger partial charge in [0.05, 0.1) is 16.9 Å². The van der Waals surface area contributed by atoms with E-state index in [1.54, 1.807) is 0 Å². The molecule has 0 spiro atoms. The van der Waals surface area contributed by atoms with Gasteiger partial charge in [-0.2, -0.15) is 0 Å². The van der Waals surface area contributed by atoms with Crippen molar-refractivity contribution in [1.82, 2.24) is 9.38 Å². The Balaban J connectivity index is 2.29. The summed E-state index contributed by atoms with van der Waals surface area (Å²) < 4.78 is 2.14. The van der Waals surface area contributed by atoms with E-state index in [-0.39, 0.29) is 0 Å². The molecule has 0 unspecified atom stereocenters. The molecule has 0 saturated carbocycles. The fraction of sp³-hybridized carbons (Fsp3) is 0.133. The minimum absolute atomic E-state index is 0.986. The van der Waals surface area contributed by atoms with Crippen molar-refractivity contribution < 1.29 is 0 Å². The Bertz CT molecular complexity index is 684. The molecule has 1 aromatic carbocycles. The number of nitrogens with one attached hydrogen (secondary N) is 1. The Morgan fingerprint density at radius 1 is 1.06 bits per heavy atom. The Morgan fingerprint density at radius 3 is 2.56 bits per heavy atom. The number of pyridine rings is 1. The minimum Gasteiger partial charge on any atom is -0.387 e. The van der Waals surface area contributed by atoms with Gasteiger partial charge in [-0.05, 0) is 19.1 Å². The van der Waals surface area contributed by atoms with E-state index >= 15 is 0 Å². The van der Waals surface area contributed by atoms with Crippen LogP contribution in [0.5, 0.6) is 0 Å². The van der Waals surface area contributed by atoms with Gasteiger partial charge in [-0.15, -0.1) is 0 Å². The third-order valence-electron chi connectivity index (χ3n) is 3.14. The lowest BCUT2D eigenvalue weighted by molar-refractivity contribution is 1.16. The molecular weight excluding hydrogens is 222 g/mol. The van der Waals surface area contributed by atoms with E-state index in [4.69, 9.17) is 0 Å². The molecule has 0 aliphatic rings. The number of rotatable bonds is 2. The third kappa shape index (κ3) is 1.64. The number of anilines is 1. The SMILES string of the molecule is CNc1ccc2c(C)nc(-c3ccccc3)n2c1. The van der Waals surface area contributed by atoms with Crippen molar-refractivity contribution in [3.05, 3.63) is 54.4 Å². The minimum atomic E-state index is 0.986. The quantitative estimate of drug-likeness (QED) is 0.740. The predicted molar refractivity (Wildman–Crippen MR) is 74.9 cm³/mol. The molecule has 0 amide bonds. The summed E-state index contributed by atoms with van der Waals surface area (Å²) in [6, 6.07) is 14.4. The standard InChI is InChI=1S/C15H15N3/c1-11-14-9-8-13(16-2)10-18(14)15(17-11)12-6-4-3-5-7-12/h3-10,16H,1-2H3. The normalized spacial score (nSPS) is 10.8. The number of nitrogens with zero attached hydrogens (tertiary/aromatic N) is 2. The summed E-state index contributed by atoms with van der Waals surface area (Å²) in [6.45, 7) is 2.04. The number of benzene rings is 1. The molecule has 3 aromatic rings. The van der Waals surface area contributed by atoms with Crippen LogP contribution in [0.2, 0.25) is 0 Å². The fourth-order valence-corrected chi connectivity index (χ4v) is 2.18. The van der Waals surface area contributed by atoms with Crippen molar-refractivity contribution in [3.8, 4) is 11.4 Å². The highest BCUT2D eigenvalue weighted by Crippen LogP contribution is 2.23. The predicted octanol–water partition coefficient (Wildman–Crippen LogP) is 3.35. The van der Waals surface area contributed by atoms with Gasteiger partial charge in [0.25, 0.3) is 0 Å². The van der Waals surface area contributed by atoms with E-state index in [0.717, 1.165) is 28.3 Å². The first-order chi connectivity index (χ1) is 8.79. The molecule has 90 valence electrons. The van der Waals surface area contributed by atoms with Gasteiger partial charge in [-0.3, -0.25) is 4.40 Å². The molecule has 2 aromatic heterocycles. The number of aryl methyl sites for hydroxylation is 1. The summed E-state index contributed by atoms with van der Waals surface area (Å²) in [5, 5.41) is 3.16. The van der Waals surface area contributed by atoms with E-state index in [0.29, 0.717) is 0 Å². The van der Waals surface area contributed by atoms with Crippen molar-refractivity contribution in [2.75, 3.05) is 12.4 Å². The second kappa shape index (κ2) is 4.18. The van der Waals surface area contributed by atoms with Crippen LogP contribution in [0.1, 0.15) is 5.69 Å². The Morgan fingerprint density at radius 2 is 1.83 bits per heavy atom. The fourth-order valence-electron chi connectivity index (χ4n) is 2.18. The molecule has 3 nitrogen and oxygen atoms in total. The van der Waals surface area contributed by atoms with Crippen LogP contribution in [0, 0.1) is 6.92 Å². The molecule has 18 heavy (non-hydrogen) atoms. The molecule has 3 rings (SSSR count). The topological polar surface area (TPSA) is 29.3 Å². The monoisotopic (exact) mass is 237 g/mol. The lowest BCUT2D eigenvalue weighted by Gasteiger charge is -2.04. The van der Waals surface area contributed by atoms with E-state index in [9.17, 15) is 0 Å². The molecular formula is C15H15N3. The third-order valence-corrected chi connectivity index (χ3v) is 3.14. The van der Waals surface area contributed by atoms with Gasteiger partial charge in [0.2, 0.25) is 0 Å². The van der Waals surface area contributed by atoms with E-state index in [1.807, 2.05) is 32.2 Å². The maximum absolute atomic E-state index is 4.67. The Kier molecular flexibility index (Phi) is 2.52. The summed E-state index contributed by atoms with van der Waals surface area (Å²) in [5.41, 5.74) is 4.41. The zero-order valence-corrected chi connectivity index (χ0v) is 10.5. The van der Waals surface area contributed by atoms with E-state index in [1.165, 1.54) is 0 Å². The van der Waals surface area contributed by atoms with Crippen LogP contribution in [-0.2, 0) is 0 Å². The molecule has 0 bridgehead atoms. The van der Waals surface area contributed by atoms with Gasteiger partial charge < -0.3 is 5.32 Å². The lowest BCUT2D eigenvalue weighted by Crippen LogP contribution is -1.93. The van der Waals surface area contributed by atoms with Gasteiger partial charge in [-0.1, -0.05) is 30.3 Å². The van der Waals surface area contributed by atoms with Crippen LogP contribution in [0.3, 0.4) is 0 Å². The van der Waals surface area contributed by atoms with Gasteiger partial charge in [0.1, 0.15) is 5.82 Å². The van der Waals surface area contributed by atoms with Crippen molar-refractivity contribution >= 4 is 11.2 Å². The first kappa shape index (κ1) is 10.8. The van der Waals surface area contributed by atoms with Crippen molar-refractivity contribution in [3.63, 3.8) is 0 Å². The van der Waals surface area contributed by atoms with Crippen LogP contribution in [0.4, 0.5) is 5.69 Å². The highest BCUT2D eigenvalue weighted by atomic mass is 15.0. The maximum atomic E-state index is 4.67. The number of fused-ring (bicyclic) bond motifs is 1. The Labute approximate surface area is 106 Å².